The van der Waals surface area contributed by atoms with E-state index in [2.05, 4.69) is 39.4 Å². The number of hydrogen-bond acceptors (Lipinski definition) is 5. The maximum atomic E-state index is 12.8. The standard InChI is InChI=1S/C20H24N4O2/c25-15-20-13-23(11-16-4-2-1-3-5-16)12-18(20)7-9-24(14-20)19(26)17-6-8-21-22-10-17/h1-6,8,10,18,25H,7,9,11-15H2/t18-,20-/m0/s1. The van der Waals surface area contributed by atoms with Gasteiger partial charge in [0.25, 0.3) is 5.91 Å². The van der Waals surface area contributed by atoms with Crippen LogP contribution in [-0.4, -0.2) is 63.8 Å². The first-order valence-electron chi connectivity index (χ1n) is 9.13. The molecule has 1 N–H and O–H groups in total. The predicted octanol–water partition coefficient (Wildman–Crippen LogP) is 1.43. The Balaban J connectivity index is 1.48. The normalized spacial score (nSPS) is 25.9. The summed E-state index contributed by atoms with van der Waals surface area (Å²) in [5.41, 5.74) is 1.61. The lowest BCUT2D eigenvalue weighted by Crippen LogP contribution is -2.52. The van der Waals surface area contributed by atoms with Crippen LogP contribution < -0.4 is 0 Å². The van der Waals surface area contributed by atoms with Crippen LogP contribution in [-0.2, 0) is 6.54 Å². The molecule has 1 amide bonds. The van der Waals surface area contributed by atoms with Gasteiger partial charge in [0.1, 0.15) is 0 Å². The maximum absolute atomic E-state index is 12.8. The summed E-state index contributed by atoms with van der Waals surface area (Å²) in [5, 5.41) is 17.8. The molecule has 4 rings (SSSR count). The summed E-state index contributed by atoms with van der Waals surface area (Å²) in [7, 11) is 0. The molecular formula is C20H24N4O2. The molecule has 1 aromatic carbocycles. The second-order valence-electron chi connectivity index (χ2n) is 7.52. The van der Waals surface area contributed by atoms with Crippen LogP contribution in [0.2, 0.25) is 0 Å². The van der Waals surface area contributed by atoms with Gasteiger partial charge in [-0.2, -0.15) is 10.2 Å². The molecule has 1 aromatic heterocycles. The summed E-state index contributed by atoms with van der Waals surface area (Å²) in [6.07, 6.45) is 3.98. The molecule has 2 aliphatic rings. The second-order valence-corrected chi connectivity index (χ2v) is 7.52. The minimum absolute atomic E-state index is 0.0207. The van der Waals surface area contributed by atoms with E-state index in [1.54, 1.807) is 12.3 Å². The summed E-state index contributed by atoms with van der Waals surface area (Å²) < 4.78 is 0. The van der Waals surface area contributed by atoms with Crippen molar-refractivity contribution >= 4 is 5.91 Å². The molecule has 0 spiro atoms. The number of hydrogen-bond donors (Lipinski definition) is 1. The van der Waals surface area contributed by atoms with Crippen LogP contribution in [0.1, 0.15) is 22.3 Å². The largest absolute Gasteiger partial charge is 0.396 e. The van der Waals surface area contributed by atoms with Gasteiger partial charge in [-0.15, -0.1) is 0 Å². The van der Waals surface area contributed by atoms with Crippen LogP contribution in [0.5, 0.6) is 0 Å². The fourth-order valence-corrected chi connectivity index (χ4v) is 4.46. The lowest BCUT2D eigenvalue weighted by Gasteiger charge is -2.43. The third-order valence-electron chi connectivity index (χ3n) is 5.82. The number of aliphatic hydroxyl groups excluding tert-OH is 1. The molecule has 6 heteroatoms. The van der Waals surface area contributed by atoms with Gasteiger partial charge in [0.15, 0.2) is 0 Å². The van der Waals surface area contributed by atoms with E-state index in [1.165, 1.54) is 11.8 Å². The highest BCUT2D eigenvalue weighted by molar-refractivity contribution is 5.93. The zero-order valence-electron chi connectivity index (χ0n) is 14.8. The molecular weight excluding hydrogens is 328 g/mol. The first-order chi connectivity index (χ1) is 12.7. The molecule has 2 fully saturated rings. The Labute approximate surface area is 153 Å². The molecule has 2 atom stereocenters. The molecule has 3 heterocycles. The number of likely N-dealkylation sites (tertiary alicyclic amines) is 2. The third-order valence-corrected chi connectivity index (χ3v) is 5.82. The van der Waals surface area contributed by atoms with Gasteiger partial charge < -0.3 is 10.0 Å². The van der Waals surface area contributed by atoms with Gasteiger partial charge in [0, 0.05) is 38.1 Å². The zero-order valence-corrected chi connectivity index (χ0v) is 14.8. The molecule has 136 valence electrons. The van der Waals surface area contributed by atoms with Gasteiger partial charge in [0.05, 0.1) is 24.6 Å². The number of rotatable bonds is 4. The molecule has 26 heavy (non-hydrogen) atoms. The van der Waals surface area contributed by atoms with Gasteiger partial charge >= 0.3 is 0 Å². The van der Waals surface area contributed by atoms with E-state index in [1.807, 2.05) is 11.0 Å². The summed E-state index contributed by atoms with van der Waals surface area (Å²) in [6, 6.07) is 12.1. The number of carbonyl (C=O) groups is 1. The highest BCUT2D eigenvalue weighted by Crippen LogP contribution is 2.42. The Morgan fingerprint density at radius 3 is 2.77 bits per heavy atom. The van der Waals surface area contributed by atoms with Crippen molar-refractivity contribution in [2.45, 2.75) is 13.0 Å². The van der Waals surface area contributed by atoms with Crippen LogP contribution in [0, 0.1) is 11.3 Å². The van der Waals surface area contributed by atoms with E-state index in [4.69, 9.17) is 0 Å². The SMILES string of the molecule is O=C(c1ccnnc1)N1CC[C@H]2CN(Cc3ccccc3)C[C@@]2(CO)C1. The van der Waals surface area contributed by atoms with Crippen molar-refractivity contribution in [3.63, 3.8) is 0 Å². The number of piperidine rings is 1. The van der Waals surface area contributed by atoms with Crippen LogP contribution in [0.4, 0.5) is 0 Å². The second kappa shape index (κ2) is 7.13. The van der Waals surface area contributed by atoms with Crippen LogP contribution in [0.3, 0.4) is 0 Å². The molecule has 2 aromatic rings. The average molecular weight is 352 g/mol. The Bertz CT molecular complexity index is 755. The Morgan fingerprint density at radius 2 is 2.04 bits per heavy atom. The zero-order chi connectivity index (χ0) is 18.0. The molecule has 0 saturated carbocycles. The summed E-state index contributed by atoms with van der Waals surface area (Å²) in [6.45, 7) is 4.13. The van der Waals surface area contributed by atoms with E-state index in [0.29, 0.717) is 18.0 Å². The van der Waals surface area contributed by atoms with Gasteiger partial charge in [-0.25, -0.2) is 0 Å². The fourth-order valence-electron chi connectivity index (χ4n) is 4.46. The van der Waals surface area contributed by atoms with Gasteiger partial charge in [0.2, 0.25) is 0 Å². The van der Waals surface area contributed by atoms with Crippen LogP contribution in [0.25, 0.3) is 0 Å². The first-order valence-corrected chi connectivity index (χ1v) is 9.13. The number of carbonyl (C=O) groups excluding carboxylic acids is 1. The van der Waals surface area contributed by atoms with Crippen molar-refractivity contribution in [1.82, 2.24) is 20.0 Å². The monoisotopic (exact) mass is 352 g/mol. The molecule has 0 unspecified atom stereocenters. The number of fused-ring (bicyclic) bond motifs is 1. The van der Waals surface area contributed by atoms with Crippen LogP contribution >= 0.6 is 0 Å². The Hall–Kier alpha value is -2.31. The van der Waals surface area contributed by atoms with Crippen molar-refractivity contribution in [1.29, 1.82) is 0 Å². The van der Waals surface area contributed by atoms with Crippen molar-refractivity contribution in [3.8, 4) is 0 Å². The van der Waals surface area contributed by atoms with Gasteiger partial charge in [-0.3, -0.25) is 9.69 Å². The fraction of sp³-hybridized carbons (Fsp3) is 0.450. The lowest BCUT2D eigenvalue weighted by molar-refractivity contribution is 0.0117. The number of nitrogens with zero attached hydrogens (tertiary/aromatic N) is 4. The number of aromatic nitrogens is 2. The summed E-state index contributed by atoms with van der Waals surface area (Å²) in [5.74, 6) is 0.406. The molecule has 2 aliphatic heterocycles. The maximum Gasteiger partial charge on any atom is 0.255 e. The summed E-state index contributed by atoms with van der Waals surface area (Å²) in [4.78, 5) is 17.1. The topological polar surface area (TPSA) is 69.6 Å². The number of benzene rings is 1. The van der Waals surface area contributed by atoms with Crippen LogP contribution in [0.15, 0.2) is 48.8 Å². The molecule has 0 aliphatic carbocycles. The van der Waals surface area contributed by atoms with E-state index >= 15 is 0 Å². The summed E-state index contributed by atoms with van der Waals surface area (Å²) >= 11 is 0. The first kappa shape index (κ1) is 17.1. The van der Waals surface area contributed by atoms with Gasteiger partial charge in [-0.05, 0) is 24.0 Å². The number of amides is 1. The van der Waals surface area contributed by atoms with E-state index in [9.17, 15) is 9.90 Å². The third kappa shape index (κ3) is 3.22. The van der Waals surface area contributed by atoms with E-state index < -0.39 is 0 Å². The van der Waals surface area contributed by atoms with Crippen molar-refractivity contribution in [2.75, 3.05) is 32.8 Å². The predicted molar refractivity (Wildman–Crippen MR) is 97.3 cm³/mol. The minimum atomic E-state index is -0.233. The smallest absolute Gasteiger partial charge is 0.255 e. The van der Waals surface area contributed by atoms with E-state index in [-0.39, 0.29) is 17.9 Å². The lowest BCUT2D eigenvalue weighted by atomic mass is 9.74. The Morgan fingerprint density at radius 1 is 1.19 bits per heavy atom. The number of aliphatic hydroxyl groups is 1. The molecule has 6 nitrogen and oxygen atoms in total. The van der Waals surface area contributed by atoms with Crippen molar-refractivity contribution in [2.24, 2.45) is 11.3 Å². The van der Waals surface area contributed by atoms with Crippen molar-refractivity contribution in [3.05, 3.63) is 59.9 Å². The highest BCUT2D eigenvalue weighted by Gasteiger charge is 2.50. The molecule has 2 saturated heterocycles. The highest BCUT2D eigenvalue weighted by atomic mass is 16.3. The quantitative estimate of drug-likeness (QED) is 0.902. The minimum Gasteiger partial charge on any atom is -0.396 e. The van der Waals surface area contributed by atoms with E-state index in [0.717, 1.165) is 32.6 Å². The molecule has 0 bridgehead atoms. The molecule has 0 radical (unpaired) electrons. The Kier molecular flexibility index (Phi) is 4.70. The average Bonchev–Trinajstić information content (AvgIpc) is 3.06. The van der Waals surface area contributed by atoms with Gasteiger partial charge in [-0.1, -0.05) is 30.3 Å². The van der Waals surface area contributed by atoms with Crippen molar-refractivity contribution < 1.29 is 9.90 Å².